The maximum absolute atomic E-state index is 6.39. The summed E-state index contributed by atoms with van der Waals surface area (Å²) in [4.78, 5) is 4.49. The third-order valence-corrected chi connectivity index (χ3v) is 4.19. The van der Waals surface area contributed by atoms with Gasteiger partial charge in [0.2, 0.25) is 0 Å². The van der Waals surface area contributed by atoms with Crippen LogP contribution in [0.15, 0.2) is 4.52 Å². The molecule has 0 radical (unpaired) electrons. The second kappa shape index (κ2) is 4.97. The highest BCUT2D eigenvalue weighted by Gasteiger charge is 2.37. The third kappa shape index (κ3) is 2.29. The molecule has 1 aliphatic carbocycles. The minimum Gasteiger partial charge on any atom is -0.369 e. The summed E-state index contributed by atoms with van der Waals surface area (Å²) in [5, 5.41) is 4.08. The lowest BCUT2D eigenvalue weighted by Crippen LogP contribution is -2.39. The maximum atomic E-state index is 6.39. The highest BCUT2D eigenvalue weighted by Crippen LogP contribution is 2.35. The Morgan fingerprint density at radius 2 is 2.06 bits per heavy atom. The topological polar surface area (TPSA) is 74.2 Å². The monoisotopic (exact) mass is 253 g/mol. The number of hydrogen-bond donors (Lipinski definition) is 1. The van der Waals surface area contributed by atoms with Gasteiger partial charge in [-0.3, -0.25) is 0 Å². The zero-order valence-electron chi connectivity index (χ0n) is 11.5. The van der Waals surface area contributed by atoms with Crippen LogP contribution in [-0.4, -0.2) is 17.3 Å². The van der Waals surface area contributed by atoms with Crippen LogP contribution >= 0.6 is 0 Å². The second-order valence-corrected chi connectivity index (χ2v) is 5.43. The molecule has 1 aromatic rings. The lowest BCUT2D eigenvalue weighted by molar-refractivity contribution is -0.0272. The van der Waals surface area contributed by atoms with E-state index in [2.05, 4.69) is 10.1 Å². The van der Waals surface area contributed by atoms with Crippen molar-refractivity contribution in [3.05, 3.63) is 11.7 Å². The molecule has 0 spiro atoms. The Hall–Kier alpha value is -0.940. The first-order chi connectivity index (χ1) is 8.54. The zero-order valence-corrected chi connectivity index (χ0v) is 11.5. The summed E-state index contributed by atoms with van der Waals surface area (Å²) >= 11 is 0. The summed E-state index contributed by atoms with van der Waals surface area (Å²) in [6.45, 7) is 3.99. The summed E-state index contributed by atoms with van der Waals surface area (Å²) in [6, 6.07) is 0. The Morgan fingerprint density at radius 1 is 1.39 bits per heavy atom. The van der Waals surface area contributed by atoms with Gasteiger partial charge < -0.3 is 15.0 Å². The molecule has 1 aliphatic rings. The van der Waals surface area contributed by atoms with Crippen molar-refractivity contribution < 1.29 is 9.26 Å². The molecule has 2 N–H and O–H groups in total. The molecule has 18 heavy (non-hydrogen) atoms. The summed E-state index contributed by atoms with van der Waals surface area (Å²) in [7, 11) is 1.66. The van der Waals surface area contributed by atoms with Crippen molar-refractivity contribution in [3.63, 3.8) is 0 Å². The molecule has 5 nitrogen and oxygen atoms in total. The van der Waals surface area contributed by atoms with Gasteiger partial charge in [0.05, 0.1) is 5.54 Å². The molecule has 2 rings (SSSR count). The summed E-state index contributed by atoms with van der Waals surface area (Å²) < 4.78 is 10.8. The van der Waals surface area contributed by atoms with Crippen LogP contribution in [-0.2, 0) is 15.9 Å². The van der Waals surface area contributed by atoms with Crippen LogP contribution in [0.5, 0.6) is 0 Å². The van der Waals surface area contributed by atoms with Crippen molar-refractivity contribution in [2.75, 3.05) is 7.11 Å². The van der Waals surface area contributed by atoms with Crippen molar-refractivity contribution in [2.24, 2.45) is 5.73 Å². The first kappa shape index (κ1) is 13.5. The molecule has 1 saturated carbocycles. The normalized spacial score (nSPS) is 22.7. The van der Waals surface area contributed by atoms with E-state index in [1.165, 1.54) is 6.42 Å². The van der Waals surface area contributed by atoms with Gasteiger partial charge in [-0.15, -0.1) is 0 Å². The Morgan fingerprint density at radius 3 is 2.61 bits per heavy atom. The van der Waals surface area contributed by atoms with Gasteiger partial charge in [0.25, 0.3) is 5.89 Å². The Labute approximate surface area is 108 Å². The molecule has 0 bridgehead atoms. The molecule has 1 unspecified atom stereocenters. The van der Waals surface area contributed by atoms with Gasteiger partial charge in [-0.05, 0) is 26.2 Å². The van der Waals surface area contributed by atoms with Crippen LogP contribution in [0.25, 0.3) is 0 Å². The van der Waals surface area contributed by atoms with Crippen LogP contribution in [0, 0.1) is 0 Å². The van der Waals surface area contributed by atoms with Crippen molar-refractivity contribution in [1.29, 1.82) is 0 Å². The number of aromatic nitrogens is 2. The quantitative estimate of drug-likeness (QED) is 0.892. The fraction of sp³-hybridized carbons (Fsp3) is 0.846. The number of ether oxygens (including phenoxy) is 1. The lowest BCUT2D eigenvalue weighted by atomic mass is 9.82. The van der Waals surface area contributed by atoms with Gasteiger partial charge in [0, 0.05) is 7.11 Å². The number of hydrogen-bond acceptors (Lipinski definition) is 5. The predicted molar refractivity (Wildman–Crippen MR) is 67.9 cm³/mol. The Balaban J connectivity index is 2.24. The molecule has 1 atom stereocenters. The highest BCUT2D eigenvalue weighted by molar-refractivity contribution is 5.08. The maximum Gasteiger partial charge on any atom is 0.258 e. The van der Waals surface area contributed by atoms with Crippen LogP contribution in [0.3, 0.4) is 0 Å². The van der Waals surface area contributed by atoms with Crippen LogP contribution in [0.1, 0.15) is 64.1 Å². The van der Waals surface area contributed by atoms with E-state index in [4.69, 9.17) is 15.0 Å². The minimum atomic E-state index is -0.518. The zero-order chi connectivity index (χ0) is 13.2. The van der Waals surface area contributed by atoms with Crippen molar-refractivity contribution in [2.45, 2.75) is 63.5 Å². The van der Waals surface area contributed by atoms with Gasteiger partial charge >= 0.3 is 0 Å². The van der Waals surface area contributed by atoms with Gasteiger partial charge in [-0.2, -0.15) is 4.98 Å². The van der Waals surface area contributed by atoms with E-state index < -0.39 is 11.1 Å². The standard InChI is InChI=1S/C13H23N3O2/c1-4-12(2,17-3)11-15-10(16-18-11)13(14)8-6-5-7-9-13/h4-9,14H2,1-3H3. The second-order valence-electron chi connectivity index (χ2n) is 5.43. The van der Waals surface area contributed by atoms with E-state index >= 15 is 0 Å². The molecular formula is C13H23N3O2. The van der Waals surface area contributed by atoms with E-state index in [-0.39, 0.29) is 0 Å². The number of nitrogens with two attached hydrogens (primary N) is 1. The Kier molecular flexibility index (Phi) is 3.73. The van der Waals surface area contributed by atoms with E-state index in [1.807, 2.05) is 13.8 Å². The smallest absolute Gasteiger partial charge is 0.258 e. The van der Waals surface area contributed by atoms with Crippen LogP contribution in [0.4, 0.5) is 0 Å². The molecule has 102 valence electrons. The molecule has 0 aromatic carbocycles. The predicted octanol–water partition coefficient (Wildman–Crippen LogP) is 2.46. The highest BCUT2D eigenvalue weighted by atomic mass is 16.5. The van der Waals surface area contributed by atoms with Gasteiger partial charge in [0.15, 0.2) is 5.82 Å². The fourth-order valence-electron chi connectivity index (χ4n) is 2.43. The largest absolute Gasteiger partial charge is 0.369 e. The van der Waals surface area contributed by atoms with Gasteiger partial charge in [0.1, 0.15) is 5.60 Å². The van der Waals surface area contributed by atoms with Crippen LogP contribution < -0.4 is 5.73 Å². The SMILES string of the molecule is CCC(C)(OC)c1nc(C2(N)CCCCC2)no1. The fourth-order valence-corrected chi connectivity index (χ4v) is 2.43. The molecule has 0 aliphatic heterocycles. The molecule has 0 amide bonds. The molecule has 1 fully saturated rings. The summed E-state index contributed by atoms with van der Waals surface area (Å²) in [5.74, 6) is 1.16. The first-order valence-electron chi connectivity index (χ1n) is 6.73. The molecule has 1 aromatic heterocycles. The van der Waals surface area contributed by atoms with E-state index in [1.54, 1.807) is 7.11 Å². The third-order valence-electron chi connectivity index (χ3n) is 4.19. The van der Waals surface area contributed by atoms with E-state index in [0.29, 0.717) is 11.7 Å². The first-order valence-corrected chi connectivity index (χ1v) is 6.73. The average Bonchev–Trinajstić information content (AvgIpc) is 2.89. The molecule has 5 heteroatoms. The lowest BCUT2D eigenvalue weighted by Gasteiger charge is -2.30. The molecular weight excluding hydrogens is 230 g/mol. The summed E-state index contributed by atoms with van der Waals surface area (Å²) in [6.07, 6.45) is 6.16. The molecule has 1 heterocycles. The summed E-state index contributed by atoms with van der Waals surface area (Å²) in [5.41, 5.74) is 5.46. The van der Waals surface area contributed by atoms with E-state index in [9.17, 15) is 0 Å². The number of methoxy groups -OCH3 is 1. The number of rotatable bonds is 4. The van der Waals surface area contributed by atoms with Crippen molar-refractivity contribution >= 4 is 0 Å². The van der Waals surface area contributed by atoms with E-state index in [0.717, 1.165) is 32.1 Å². The molecule has 0 saturated heterocycles. The van der Waals surface area contributed by atoms with Crippen molar-refractivity contribution in [1.82, 2.24) is 10.1 Å². The average molecular weight is 253 g/mol. The van der Waals surface area contributed by atoms with Crippen LogP contribution in [0.2, 0.25) is 0 Å². The minimum absolute atomic E-state index is 0.414. The number of nitrogens with zero attached hydrogens (tertiary/aromatic N) is 2. The van der Waals surface area contributed by atoms with Crippen molar-refractivity contribution in [3.8, 4) is 0 Å². The van der Waals surface area contributed by atoms with Gasteiger partial charge in [-0.1, -0.05) is 31.3 Å². The Bertz CT molecular complexity index is 393. The van der Waals surface area contributed by atoms with Gasteiger partial charge in [-0.25, -0.2) is 0 Å².